The lowest BCUT2D eigenvalue weighted by molar-refractivity contribution is -0.384. The number of carbonyl (C=O) groups is 1. The number of hydrogen-bond donors (Lipinski definition) is 1. The number of morpholine rings is 1. The summed E-state index contributed by atoms with van der Waals surface area (Å²) in [5.41, 5.74) is -0.0303. The van der Waals surface area contributed by atoms with Gasteiger partial charge in [-0.25, -0.2) is 0 Å². The van der Waals surface area contributed by atoms with Crippen molar-refractivity contribution in [3.8, 4) is 5.75 Å². The summed E-state index contributed by atoms with van der Waals surface area (Å²) in [6, 6.07) is 4.51. The van der Waals surface area contributed by atoms with Gasteiger partial charge in [-0.05, 0) is 13.0 Å². The number of amides is 1. The van der Waals surface area contributed by atoms with Crippen molar-refractivity contribution in [2.75, 3.05) is 33.4 Å². The Morgan fingerprint density at radius 2 is 2.16 bits per heavy atom. The van der Waals surface area contributed by atoms with Gasteiger partial charge >= 0.3 is 0 Å². The number of nitrogens with zero attached hydrogens (tertiary/aromatic N) is 2. The minimum atomic E-state index is -0.462. The van der Waals surface area contributed by atoms with Gasteiger partial charge in [-0.2, -0.15) is 0 Å². The number of rotatable bonds is 5. The van der Waals surface area contributed by atoms with Crippen LogP contribution >= 0.6 is 11.3 Å². The maximum atomic E-state index is 12.7. The summed E-state index contributed by atoms with van der Waals surface area (Å²) < 4.78 is 11.5. The number of thiophene rings is 1. The second-order valence-corrected chi connectivity index (χ2v) is 6.75. The summed E-state index contributed by atoms with van der Waals surface area (Å²) in [5.74, 6) is 0.120. The van der Waals surface area contributed by atoms with Gasteiger partial charge in [-0.3, -0.25) is 19.8 Å². The zero-order valence-electron chi connectivity index (χ0n) is 14.0. The van der Waals surface area contributed by atoms with E-state index in [2.05, 4.69) is 10.2 Å². The Hall–Kier alpha value is -2.23. The number of carbonyl (C=O) groups excluding carboxylic acids is 1. The molecule has 9 heteroatoms. The Bertz CT molecular complexity index is 800. The average molecular weight is 365 g/mol. The lowest BCUT2D eigenvalue weighted by atomic mass is 10.2. The molecule has 1 unspecified atom stereocenters. The highest BCUT2D eigenvalue weighted by Gasteiger charge is 2.24. The van der Waals surface area contributed by atoms with Gasteiger partial charge in [0.2, 0.25) is 0 Å². The van der Waals surface area contributed by atoms with Crippen molar-refractivity contribution < 1.29 is 19.2 Å². The number of non-ortho nitro benzene ring substituents is 1. The van der Waals surface area contributed by atoms with Crippen molar-refractivity contribution in [2.24, 2.45) is 0 Å². The van der Waals surface area contributed by atoms with E-state index in [1.54, 1.807) is 6.07 Å². The first kappa shape index (κ1) is 17.6. The third kappa shape index (κ3) is 3.58. The molecule has 1 fully saturated rings. The number of hydrogen-bond acceptors (Lipinski definition) is 7. The number of methoxy groups -OCH3 is 1. The van der Waals surface area contributed by atoms with Crippen molar-refractivity contribution in [2.45, 2.75) is 13.1 Å². The van der Waals surface area contributed by atoms with Gasteiger partial charge < -0.3 is 14.8 Å². The first-order valence-electron chi connectivity index (χ1n) is 7.89. The molecular weight excluding hydrogens is 346 g/mol. The van der Waals surface area contributed by atoms with E-state index in [1.807, 2.05) is 6.92 Å². The van der Waals surface area contributed by atoms with Crippen LogP contribution < -0.4 is 10.1 Å². The first-order valence-corrected chi connectivity index (χ1v) is 8.70. The van der Waals surface area contributed by atoms with E-state index in [4.69, 9.17) is 9.47 Å². The van der Waals surface area contributed by atoms with Crippen LogP contribution in [0.25, 0.3) is 10.1 Å². The van der Waals surface area contributed by atoms with Gasteiger partial charge in [-0.1, -0.05) is 0 Å². The zero-order chi connectivity index (χ0) is 18.0. The molecule has 1 aliphatic rings. The van der Waals surface area contributed by atoms with E-state index in [9.17, 15) is 14.9 Å². The number of nitro groups is 1. The molecule has 25 heavy (non-hydrogen) atoms. The van der Waals surface area contributed by atoms with Gasteiger partial charge in [0.05, 0.1) is 31.4 Å². The topological polar surface area (TPSA) is 93.9 Å². The molecule has 1 saturated heterocycles. The quantitative estimate of drug-likeness (QED) is 0.645. The molecule has 0 radical (unpaired) electrons. The molecule has 1 aliphatic heterocycles. The van der Waals surface area contributed by atoms with Crippen LogP contribution in [0, 0.1) is 10.1 Å². The van der Waals surface area contributed by atoms with Crippen LogP contribution in [0.15, 0.2) is 18.2 Å². The van der Waals surface area contributed by atoms with Gasteiger partial charge in [-0.15, -0.1) is 11.3 Å². The predicted molar refractivity (Wildman–Crippen MR) is 94.4 cm³/mol. The molecule has 0 bridgehead atoms. The van der Waals surface area contributed by atoms with Gasteiger partial charge in [0.1, 0.15) is 4.88 Å². The summed E-state index contributed by atoms with van der Waals surface area (Å²) >= 11 is 1.26. The molecule has 1 aromatic heterocycles. The molecule has 1 amide bonds. The Kier molecular flexibility index (Phi) is 5.16. The summed E-state index contributed by atoms with van der Waals surface area (Å²) in [4.78, 5) is 25.8. The third-order valence-electron chi connectivity index (χ3n) is 4.18. The molecular formula is C16H19N3O5S. The molecule has 134 valence electrons. The fourth-order valence-electron chi connectivity index (χ4n) is 2.84. The van der Waals surface area contributed by atoms with Crippen LogP contribution in [0.5, 0.6) is 5.75 Å². The van der Waals surface area contributed by atoms with E-state index < -0.39 is 4.92 Å². The third-order valence-corrected chi connectivity index (χ3v) is 5.33. The summed E-state index contributed by atoms with van der Waals surface area (Å²) in [6.07, 6.45) is -0.138. The minimum absolute atomic E-state index is 0.0303. The number of fused-ring (bicyclic) bond motifs is 1. The first-order chi connectivity index (χ1) is 12.0. The van der Waals surface area contributed by atoms with Crippen molar-refractivity contribution >= 4 is 33.0 Å². The van der Waals surface area contributed by atoms with Crippen molar-refractivity contribution in [1.29, 1.82) is 0 Å². The molecule has 2 aromatic rings. The van der Waals surface area contributed by atoms with Crippen molar-refractivity contribution in [3.63, 3.8) is 0 Å². The maximum absolute atomic E-state index is 12.7. The summed E-state index contributed by atoms with van der Waals surface area (Å²) in [5, 5.41) is 14.5. The van der Waals surface area contributed by atoms with Gasteiger partial charge in [0, 0.05) is 35.3 Å². The largest absolute Gasteiger partial charge is 0.494 e. The van der Waals surface area contributed by atoms with Gasteiger partial charge in [0.15, 0.2) is 5.75 Å². The van der Waals surface area contributed by atoms with Crippen LogP contribution in [-0.4, -0.2) is 55.3 Å². The fraction of sp³-hybridized carbons (Fsp3) is 0.438. The fourth-order valence-corrected chi connectivity index (χ4v) is 3.90. The Balaban J connectivity index is 1.86. The average Bonchev–Trinajstić information content (AvgIpc) is 3.00. The van der Waals surface area contributed by atoms with Gasteiger partial charge in [0.25, 0.3) is 11.6 Å². The Labute approximate surface area is 148 Å². The number of nitrogens with one attached hydrogen (secondary N) is 1. The van der Waals surface area contributed by atoms with Crippen LogP contribution in [0.2, 0.25) is 0 Å². The molecule has 0 saturated carbocycles. The van der Waals surface area contributed by atoms with E-state index in [-0.39, 0.29) is 17.8 Å². The van der Waals surface area contributed by atoms with Crippen LogP contribution in [0.4, 0.5) is 5.69 Å². The van der Waals surface area contributed by atoms with E-state index in [1.165, 1.54) is 30.6 Å². The Morgan fingerprint density at radius 3 is 2.80 bits per heavy atom. The lowest BCUT2D eigenvalue weighted by Gasteiger charge is -2.32. The lowest BCUT2D eigenvalue weighted by Crippen LogP contribution is -2.50. The standard InChI is InChI=1S/C16H19N3O5S/c1-10(18-5-7-24-8-6-18)17-16(20)15-14(23-2)12-9-11(19(21)22)3-4-13(12)25-15/h3-4,9-10H,5-8H2,1-2H3,(H,17,20). The van der Waals surface area contributed by atoms with Crippen LogP contribution in [0.3, 0.4) is 0 Å². The van der Waals surface area contributed by atoms with E-state index in [0.717, 1.165) is 17.8 Å². The molecule has 1 atom stereocenters. The summed E-state index contributed by atoms with van der Waals surface area (Å²) in [6.45, 7) is 4.74. The maximum Gasteiger partial charge on any atom is 0.270 e. The van der Waals surface area contributed by atoms with Crippen molar-refractivity contribution in [3.05, 3.63) is 33.2 Å². The van der Waals surface area contributed by atoms with Crippen LogP contribution in [-0.2, 0) is 4.74 Å². The highest BCUT2D eigenvalue weighted by molar-refractivity contribution is 7.21. The monoisotopic (exact) mass is 365 g/mol. The molecule has 3 rings (SSSR count). The highest BCUT2D eigenvalue weighted by Crippen LogP contribution is 2.39. The summed E-state index contributed by atoms with van der Waals surface area (Å²) in [7, 11) is 1.46. The number of ether oxygens (including phenoxy) is 2. The molecule has 2 heterocycles. The molecule has 0 spiro atoms. The number of nitro benzene ring substituents is 1. The smallest absolute Gasteiger partial charge is 0.270 e. The molecule has 1 aromatic carbocycles. The second kappa shape index (κ2) is 7.34. The van der Waals surface area contributed by atoms with Crippen LogP contribution in [0.1, 0.15) is 16.6 Å². The zero-order valence-corrected chi connectivity index (χ0v) is 14.8. The SMILES string of the molecule is COc1c(C(=O)NC(C)N2CCOCC2)sc2ccc([N+](=O)[O-])cc12. The van der Waals surface area contributed by atoms with E-state index in [0.29, 0.717) is 29.2 Å². The van der Waals surface area contributed by atoms with Crippen molar-refractivity contribution in [1.82, 2.24) is 10.2 Å². The normalized spacial score (nSPS) is 16.6. The molecule has 1 N–H and O–H groups in total. The predicted octanol–water partition coefficient (Wildman–Crippen LogP) is 2.23. The highest BCUT2D eigenvalue weighted by atomic mass is 32.1. The minimum Gasteiger partial charge on any atom is -0.494 e. The second-order valence-electron chi connectivity index (χ2n) is 5.70. The molecule has 0 aliphatic carbocycles. The number of benzene rings is 1. The van der Waals surface area contributed by atoms with E-state index >= 15 is 0 Å². The Morgan fingerprint density at radius 1 is 1.44 bits per heavy atom. The molecule has 8 nitrogen and oxygen atoms in total.